The van der Waals surface area contributed by atoms with E-state index in [9.17, 15) is 4.79 Å². The van der Waals surface area contributed by atoms with Crippen molar-refractivity contribution < 1.29 is 9.53 Å². The van der Waals surface area contributed by atoms with Crippen molar-refractivity contribution in [3.8, 4) is 5.75 Å². The first kappa shape index (κ1) is 19.1. The van der Waals surface area contributed by atoms with E-state index in [2.05, 4.69) is 5.32 Å². The lowest BCUT2D eigenvalue weighted by Crippen LogP contribution is -2.39. The molecule has 0 saturated heterocycles. The van der Waals surface area contributed by atoms with Gasteiger partial charge in [0.1, 0.15) is 11.9 Å². The van der Waals surface area contributed by atoms with Gasteiger partial charge in [0.05, 0.1) is 11.6 Å². The normalized spacial score (nSPS) is 21.8. The maximum atomic E-state index is 12.2. The third-order valence-corrected chi connectivity index (χ3v) is 4.34. The molecule has 1 aliphatic carbocycles. The topological polar surface area (TPSA) is 64.4 Å². The van der Waals surface area contributed by atoms with Crippen molar-refractivity contribution in [3.05, 3.63) is 29.3 Å². The average Bonchev–Trinajstić information content (AvgIpc) is 2.96. The highest BCUT2D eigenvalue weighted by Crippen LogP contribution is 2.31. The van der Waals surface area contributed by atoms with Crippen molar-refractivity contribution in [2.45, 2.75) is 32.3 Å². The van der Waals surface area contributed by atoms with Gasteiger partial charge in [0.25, 0.3) is 0 Å². The summed E-state index contributed by atoms with van der Waals surface area (Å²) in [5, 5.41) is 3.54. The van der Waals surface area contributed by atoms with Crippen molar-refractivity contribution in [2.24, 2.45) is 17.6 Å². The molecule has 1 aromatic carbocycles. The minimum Gasteiger partial charge on any atom is -0.487 e. The zero-order valence-corrected chi connectivity index (χ0v) is 14.3. The molecule has 2 rings (SSSR count). The highest BCUT2D eigenvalue weighted by Gasteiger charge is 2.31. The summed E-state index contributed by atoms with van der Waals surface area (Å²) < 4.78 is 5.74. The lowest BCUT2D eigenvalue weighted by molar-refractivity contribution is -0.126. The van der Waals surface area contributed by atoms with Crippen LogP contribution in [0.3, 0.4) is 0 Å². The molecule has 1 aromatic rings. The van der Waals surface area contributed by atoms with Crippen molar-refractivity contribution in [1.82, 2.24) is 5.32 Å². The summed E-state index contributed by atoms with van der Waals surface area (Å²) in [5.41, 5.74) is 5.72. The fourth-order valence-corrected chi connectivity index (χ4v) is 3.02. The Morgan fingerprint density at radius 1 is 1.45 bits per heavy atom. The molecule has 3 N–H and O–H groups in total. The van der Waals surface area contributed by atoms with Crippen LogP contribution in [-0.2, 0) is 4.79 Å². The number of para-hydroxylation sites is 1. The molecule has 1 fully saturated rings. The Morgan fingerprint density at radius 3 is 2.86 bits per heavy atom. The highest BCUT2D eigenvalue weighted by molar-refractivity contribution is 6.32. The van der Waals surface area contributed by atoms with E-state index in [1.807, 2.05) is 25.1 Å². The van der Waals surface area contributed by atoms with Crippen LogP contribution in [-0.4, -0.2) is 25.1 Å². The number of hydrogen-bond donors (Lipinski definition) is 2. The molecular weight excluding hydrogens is 323 g/mol. The smallest absolute Gasteiger partial charge is 0.223 e. The van der Waals surface area contributed by atoms with E-state index in [4.69, 9.17) is 22.1 Å². The van der Waals surface area contributed by atoms with Crippen LogP contribution in [0.5, 0.6) is 5.75 Å². The summed E-state index contributed by atoms with van der Waals surface area (Å²) in [5.74, 6) is 1.12. The number of ether oxygens (including phenoxy) is 1. The number of hydrogen-bond acceptors (Lipinski definition) is 3. The molecule has 1 amide bonds. The minimum atomic E-state index is -0.133. The van der Waals surface area contributed by atoms with Crippen molar-refractivity contribution in [3.63, 3.8) is 0 Å². The van der Waals surface area contributed by atoms with Crippen molar-refractivity contribution in [1.29, 1.82) is 0 Å². The van der Waals surface area contributed by atoms with Gasteiger partial charge in [-0.3, -0.25) is 4.79 Å². The van der Waals surface area contributed by atoms with Crippen LogP contribution in [0.25, 0.3) is 0 Å². The summed E-state index contributed by atoms with van der Waals surface area (Å²) in [7, 11) is 0. The van der Waals surface area contributed by atoms with Crippen LogP contribution in [0.4, 0.5) is 0 Å². The van der Waals surface area contributed by atoms with Crippen molar-refractivity contribution in [2.75, 3.05) is 13.1 Å². The summed E-state index contributed by atoms with van der Waals surface area (Å²) in [6, 6.07) is 7.33. The number of amides is 1. The molecule has 6 heteroatoms. The predicted octanol–water partition coefficient (Wildman–Crippen LogP) is 3.02. The molecule has 0 radical (unpaired) electrons. The zero-order chi connectivity index (χ0) is 15.2. The molecule has 0 aliphatic heterocycles. The Kier molecular flexibility index (Phi) is 8.01. The minimum absolute atomic E-state index is 0. The maximum Gasteiger partial charge on any atom is 0.223 e. The molecule has 0 heterocycles. The van der Waals surface area contributed by atoms with Crippen LogP contribution in [0.15, 0.2) is 24.3 Å². The largest absolute Gasteiger partial charge is 0.487 e. The fraction of sp³-hybridized carbons (Fsp3) is 0.562. The van der Waals surface area contributed by atoms with Gasteiger partial charge < -0.3 is 15.8 Å². The molecule has 1 aliphatic rings. The van der Waals surface area contributed by atoms with Gasteiger partial charge in [-0.1, -0.05) is 30.2 Å². The summed E-state index contributed by atoms with van der Waals surface area (Å²) in [6.07, 6.45) is 2.95. The van der Waals surface area contributed by atoms with Crippen LogP contribution >= 0.6 is 24.0 Å². The number of benzene rings is 1. The highest BCUT2D eigenvalue weighted by atomic mass is 35.5. The Hall–Kier alpha value is -0.970. The van der Waals surface area contributed by atoms with Crippen LogP contribution in [0.1, 0.15) is 26.2 Å². The molecule has 124 valence electrons. The number of nitrogens with one attached hydrogen (secondary N) is 1. The lowest BCUT2D eigenvalue weighted by atomic mass is 9.95. The Bertz CT molecular complexity index is 485. The van der Waals surface area contributed by atoms with Crippen LogP contribution in [0.2, 0.25) is 5.02 Å². The Labute approximate surface area is 143 Å². The number of carbonyl (C=O) groups is 1. The third kappa shape index (κ3) is 5.04. The zero-order valence-electron chi connectivity index (χ0n) is 12.8. The molecule has 1 saturated carbocycles. The maximum absolute atomic E-state index is 12.2. The van der Waals surface area contributed by atoms with E-state index in [-0.39, 0.29) is 30.3 Å². The molecular formula is C16H24Cl2N2O2. The van der Waals surface area contributed by atoms with Gasteiger partial charge in [-0.25, -0.2) is 0 Å². The average molecular weight is 347 g/mol. The quantitative estimate of drug-likeness (QED) is 0.831. The van der Waals surface area contributed by atoms with E-state index in [1.54, 1.807) is 6.07 Å². The summed E-state index contributed by atoms with van der Waals surface area (Å²) in [6.45, 7) is 2.97. The first-order valence-corrected chi connectivity index (χ1v) is 7.88. The van der Waals surface area contributed by atoms with Gasteiger partial charge in [0.15, 0.2) is 0 Å². The number of nitrogens with two attached hydrogens (primary N) is 1. The molecule has 0 spiro atoms. The van der Waals surface area contributed by atoms with E-state index in [0.29, 0.717) is 29.8 Å². The number of halogens is 2. The molecule has 0 bridgehead atoms. The van der Waals surface area contributed by atoms with Gasteiger partial charge in [-0.2, -0.15) is 0 Å². The van der Waals surface area contributed by atoms with E-state index in [1.165, 1.54) is 0 Å². The van der Waals surface area contributed by atoms with Gasteiger partial charge in [0, 0.05) is 5.92 Å². The second kappa shape index (κ2) is 9.23. The number of rotatable bonds is 6. The number of carbonyl (C=O) groups excluding carboxylic acids is 1. The first-order chi connectivity index (χ1) is 10.1. The standard InChI is InChI=1S/C16H23ClN2O2.ClH/c1-11(21-15-8-3-2-7-14(15)17)10-19-16(20)13-6-4-5-12(13)9-18;/h2-3,7-8,11-13H,4-6,9-10,18H2,1H3,(H,19,20);1H/t11?,12-,13-;/m1./s1. The monoisotopic (exact) mass is 346 g/mol. The third-order valence-electron chi connectivity index (χ3n) is 4.03. The fourth-order valence-electron chi connectivity index (χ4n) is 2.84. The lowest BCUT2D eigenvalue weighted by Gasteiger charge is -2.20. The van der Waals surface area contributed by atoms with Gasteiger partial charge in [0.2, 0.25) is 5.91 Å². The predicted molar refractivity (Wildman–Crippen MR) is 91.7 cm³/mol. The molecule has 3 atom stereocenters. The van der Waals surface area contributed by atoms with E-state index in [0.717, 1.165) is 19.3 Å². The summed E-state index contributed by atoms with van der Waals surface area (Å²) >= 11 is 6.05. The summed E-state index contributed by atoms with van der Waals surface area (Å²) in [4.78, 5) is 12.2. The molecule has 1 unspecified atom stereocenters. The van der Waals surface area contributed by atoms with Gasteiger partial charge in [-0.05, 0) is 44.4 Å². The first-order valence-electron chi connectivity index (χ1n) is 7.50. The SMILES string of the molecule is CC(CNC(=O)[C@@H]1CCC[C@@H]1CN)Oc1ccccc1Cl.Cl. The van der Waals surface area contributed by atoms with Gasteiger partial charge >= 0.3 is 0 Å². The van der Waals surface area contributed by atoms with Crippen molar-refractivity contribution >= 4 is 29.9 Å². The van der Waals surface area contributed by atoms with Crippen LogP contribution in [0, 0.1) is 11.8 Å². The molecule has 22 heavy (non-hydrogen) atoms. The van der Waals surface area contributed by atoms with Gasteiger partial charge in [-0.15, -0.1) is 12.4 Å². The van der Waals surface area contributed by atoms with E-state index >= 15 is 0 Å². The second-order valence-electron chi connectivity index (χ2n) is 5.64. The molecule has 0 aromatic heterocycles. The Morgan fingerprint density at radius 2 is 2.18 bits per heavy atom. The Balaban J connectivity index is 0.00000242. The van der Waals surface area contributed by atoms with E-state index < -0.39 is 0 Å². The van der Waals surface area contributed by atoms with Crippen LogP contribution < -0.4 is 15.8 Å². The second-order valence-corrected chi connectivity index (χ2v) is 6.04. The molecule has 4 nitrogen and oxygen atoms in total.